The van der Waals surface area contributed by atoms with E-state index in [1.807, 2.05) is 18.2 Å². The molecule has 0 heterocycles. The van der Waals surface area contributed by atoms with Crippen LogP contribution in [0.3, 0.4) is 0 Å². The van der Waals surface area contributed by atoms with Crippen molar-refractivity contribution >= 4 is 35.8 Å². The SMILES string of the molecule is COc1ccc(CCNC(N)=NCC(=O)NC2CC2)cc1OC.I. The Bertz CT molecular complexity index is 576. The third-order valence-electron chi connectivity index (χ3n) is 3.50. The van der Waals surface area contributed by atoms with Crippen LogP contribution in [0, 0.1) is 0 Å². The molecular formula is C16H25IN4O3. The lowest BCUT2D eigenvalue weighted by atomic mass is 10.1. The fourth-order valence-corrected chi connectivity index (χ4v) is 2.08. The normalized spacial score (nSPS) is 13.7. The van der Waals surface area contributed by atoms with Gasteiger partial charge in [-0.15, -0.1) is 24.0 Å². The highest BCUT2D eigenvalue weighted by molar-refractivity contribution is 14.0. The van der Waals surface area contributed by atoms with E-state index in [1.165, 1.54) is 0 Å². The second-order valence-electron chi connectivity index (χ2n) is 5.41. The van der Waals surface area contributed by atoms with Crippen molar-refractivity contribution in [2.45, 2.75) is 25.3 Å². The van der Waals surface area contributed by atoms with E-state index in [-0.39, 0.29) is 42.4 Å². The van der Waals surface area contributed by atoms with Crippen LogP contribution in [0.25, 0.3) is 0 Å². The third-order valence-corrected chi connectivity index (χ3v) is 3.50. The Hall–Kier alpha value is -1.71. The zero-order valence-corrected chi connectivity index (χ0v) is 16.3. The number of guanidine groups is 1. The molecule has 0 aromatic heterocycles. The molecule has 0 saturated heterocycles. The lowest BCUT2D eigenvalue weighted by molar-refractivity contribution is -0.119. The minimum Gasteiger partial charge on any atom is -0.493 e. The lowest BCUT2D eigenvalue weighted by Crippen LogP contribution is -2.35. The van der Waals surface area contributed by atoms with Crippen LogP contribution < -0.4 is 25.8 Å². The Morgan fingerprint density at radius 2 is 2.00 bits per heavy atom. The van der Waals surface area contributed by atoms with Crippen molar-refractivity contribution in [3.8, 4) is 11.5 Å². The molecule has 1 aliphatic carbocycles. The van der Waals surface area contributed by atoms with E-state index in [9.17, 15) is 4.79 Å². The number of benzene rings is 1. The maximum atomic E-state index is 11.5. The predicted octanol–water partition coefficient (Wildman–Crippen LogP) is 1.05. The van der Waals surface area contributed by atoms with Gasteiger partial charge >= 0.3 is 0 Å². The van der Waals surface area contributed by atoms with Gasteiger partial charge in [0.05, 0.1) is 14.2 Å². The van der Waals surface area contributed by atoms with E-state index >= 15 is 0 Å². The molecule has 1 aliphatic rings. The van der Waals surface area contributed by atoms with E-state index in [0.29, 0.717) is 24.1 Å². The molecular weight excluding hydrogens is 423 g/mol. The summed E-state index contributed by atoms with van der Waals surface area (Å²) in [7, 11) is 3.22. The molecule has 0 spiro atoms. The average molecular weight is 448 g/mol. The smallest absolute Gasteiger partial charge is 0.242 e. The Labute approximate surface area is 159 Å². The number of hydrogen-bond donors (Lipinski definition) is 3. The minimum absolute atomic E-state index is 0. The average Bonchev–Trinajstić information content (AvgIpc) is 3.36. The van der Waals surface area contributed by atoms with Gasteiger partial charge in [-0.25, -0.2) is 4.99 Å². The zero-order chi connectivity index (χ0) is 16.7. The molecule has 8 heteroatoms. The first kappa shape index (κ1) is 20.3. The maximum absolute atomic E-state index is 11.5. The van der Waals surface area contributed by atoms with Crippen LogP contribution in [0.4, 0.5) is 0 Å². The van der Waals surface area contributed by atoms with Gasteiger partial charge in [0.1, 0.15) is 6.54 Å². The topological polar surface area (TPSA) is 98.0 Å². The summed E-state index contributed by atoms with van der Waals surface area (Å²) in [4.78, 5) is 15.5. The number of aliphatic imine (C=N–C) groups is 1. The van der Waals surface area contributed by atoms with E-state index < -0.39 is 0 Å². The zero-order valence-electron chi connectivity index (χ0n) is 14.0. The fourth-order valence-electron chi connectivity index (χ4n) is 2.08. The number of nitrogens with zero attached hydrogens (tertiary/aromatic N) is 1. The predicted molar refractivity (Wildman–Crippen MR) is 104 cm³/mol. The van der Waals surface area contributed by atoms with E-state index in [1.54, 1.807) is 14.2 Å². The van der Waals surface area contributed by atoms with E-state index in [2.05, 4.69) is 15.6 Å². The molecule has 2 rings (SSSR count). The molecule has 0 bridgehead atoms. The monoisotopic (exact) mass is 448 g/mol. The summed E-state index contributed by atoms with van der Waals surface area (Å²) in [6.07, 6.45) is 2.88. The van der Waals surface area contributed by atoms with Crippen molar-refractivity contribution < 1.29 is 14.3 Å². The number of nitrogens with two attached hydrogens (primary N) is 1. The van der Waals surface area contributed by atoms with Gasteiger partial charge in [0, 0.05) is 12.6 Å². The Balaban J connectivity index is 0.00000288. The first-order valence-electron chi connectivity index (χ1n) is 7.66. The van der Waals surface area contributed by atoms with Crippen molar-refractivity contribution in [3.63, 3.8) is 0 Å². The quantitative estimate of drug-likeness (QED) is 0.314. The summed E-state index contributed by atoms with van der Waals surface area (Å²) in [5.41, 5.74) is 6.84. The van der Waals surface area contributed by atoms with Gasteiger partial charge in [-0.2, -0.15) is 0 Å². The summed E-state index contributed by atoms with van der Waals surface area (Å²) in [6.45, 7) is 0.681. The molecule has 24 heavy (non-hydrogen) atoms. The number of hydrogen-bond acceptors (Lipinski definition) is 4. The Kier molecular flexibility index (Phi) is 8.66. The largest absolute Gasteiger partial charge is 0.493 e. The summed E-state index contributed by atoms with van der Waals surface area (Å²) >= 11 is 0. The standard InChI is InChI=1S/C16H24N4O3.HI/c1-22-13-6-3-11(9-14(13)23-2)7-8-18-16(17)19-10-15(21)20-12-4-5-12;/h3,6,9,12H,4-5,7-8,10H2,1-2H3,(H,20,21)(H3,17,18,19);1H. The molecule has 1 aromatic carbocycles. The summed E-state index contributed by atoms with van der Waals surface area (Å²) in [5, 5.41) is 5.86. The number of ether oxygens (including phenoxy) is 2. The van der Waals surface area contributed by atoms with Crippen LogP contribution in [0.5, 0.6) is 11.5 Å². The van der Waals surface area contributed by atoms with Crippen LogP contribution in [0.2, 0.25) is 0 Å². The number of amides is 1. The van der Waals surface area contributed by atoms with Gasteiger partial charge in [-0.05, 0) is 37.0 Å². The molecule has 4 N–H and O–H groups in total. The van der Waals surface area contributed by atoms with Crippen molar-refractivity contribution in [1.29, 1.82) is 0 Å². The highest BCUT2D eigenvalue weighted by Crippen LogP contribution is 2.27. The minimum atomic E-state index is -0.0860. The van der Waals surface area contributed by atoms with Gasteiger partial charge < -0.3 is 25.8 Å². The van der Waals surface area contributed by atoms with Gasteiger partial charge in [0.25, 0.3) is 0 Å². The molecule has 134 valence electrons. The molecule has 1 saturated carbocycles. The molecule has 7 nitrogen and oxygen atoms in total. The maximum Gasteiger partial charge on any atom is 0.242 e. The first-order valence-corrected chi connectivity index (χ1v) is 7.66. The second kappa shape index (κ2) is 10.2. The van der Waals surface area contributed by atoms with Crippen LogP contribution in [0.15, 0.2) is 23.2 Å². The summed E-state index contributed by atoms with van der Waals surface area (Å²) < 4.78 is 10.5. The Morgan fingerprint density at radius 1 is 1.29 bits per heavy atom. The Morgan fingerprint density at radius 3 is 2.62 bits per heavy atom. The molecule has 0 aliphatic heterocycles. The van der Waals surface area contributed by atoms with Gasteiger partial charge in [-0.1, -0.05) is 6.07 Å². The number of carbonyl (C=O) groups is 1. The highest BCUT2D eigenvalue weighted by Gasteiger charge is 2.22. The number of rotatable bonds is 8. The van der Waals surface area contributed by atoms with Gasteiger partial charge in [0.15, 0.2) is 17.5 Å². The molecule has 0 radical (unpaired) electrons. The van der Waals surface area contributed by atoms with Crippen LogP contribution in [0.1, 0.15) is 18.4 Å². The third kappa shape index (κ3) is 6.81. The van der Waals surface area contributed by atoms with Gasteiger partial charge in [-0.3, -0.25) is 4.79 Å². The number of halogens is 1. The van der Waals surface area contributed by atoms with Crippen molar-refractivity contribution in [2.24, 2.45) is 10.7 Å². The van der Waals surface area contributed by atoms with E-state index in [0.717, 1.165) is 24.8 Å². The van der Waals surface area contributed by atoms with Crippen LogP contribution in [-0.2, 0) is 11.2 Å². The summed E-state index contributed by atoms with van der Waals surface area (Å²) in [6, 6.07) is 6.11. The number of nitrogens with one attached hydrogen (secondary N) is 2. The lowest BCUT2D eigenvalue weighted by Gasteiger charge is -2.10. The molecule has 0 unspecified atom stereocenters. The van der Waals surface area contributed by atoms with Crippen LogP contribution in [-0.4, -0.2) is 45.2 Å². The number of methoxy groups -OCH3 is 2. The molecule has 1 aromatic rings. The van der Waals surface area contributed by atoms with Crippen molar-refractivity contribution in [2.75, 3.05) is 27.3 Å². The van der Waals surface area contributed by atoms with E-state index in [4.69, 9.17) is 15.2 Å². The van der Waals surface area contributed by atoms with Gasteiger partial charge in [0.2, 0.25) is 5.91 Å². The van der Waals surface area contributed by atoms with Crippen molar-refractivity contribution in [3.05, 3.63) is 23.8 Å². The van der Waals surface area contributed by atoms with Crippen LogP contribution >= 0.6 is 24.0 Å². The molecule has 1 fully saturated rings. The second-order valence-corrected chi connectivity index (χ2v) is 5.41. The molecule has 1 amide bonds. The highest BCUT2D eigenvalue weighted by atomic mass is 127. The summed E-state index contributed by atoms with van der Waals surface area (Å²) in [5.74, 6) is 1.59. The molecule has 0 atom stereocenters. The van der Waals surface area contributed by atoms with Crippen molar-refractivity contribution in [1.82, 2.24) is 10.6 Å². The fraction of sp³-hybridized carbons (Fsp3) is 0.500. The number of carbonyl (C=O) groups excluding carboxylic acids is 1. The first-order chi connectivity index (χ1) is 11.1.